The zero-order valence-electron chi connectivity index (χ0n) is 18.7. The summed E-state index contributed by atoms with van der Waals surface area (Å²) in [6.45, 7) is 3.86. The molecule has 170 valence electrons. The van der Waals surface area contributed by atoms with Crippen LogP contribution in [0.5, 0.6) is 0 Å². The van der Waals surface area contributed by atoms with Gasteiger partial charge in [0.25, 0.3) is 5.56 Å². The van der Waals surface area contributed by atoms with Crippen molar-refractivity contribution >= 4 is 45.1 Å². The number of amides is 1. The Kier molecular flexibility index (Phi) is 5.63. The van der Waals surface area contributed by atoms with Crippen LogP contribution in [0.2, 0.25) is 5.02 Å². The van der Waals surface area contributed by atoms with Crippen LogP contribution < -0.4 is 10.5 Å². The van der Waals surface area contributed by atoms with Crippen molar-refractivity contribution in [3.8, 4) is 11.3 Å². The second-order valence-corrected chi connectivity index (χ2v) is 8.33. The molecule has 0 unspecified atom stereocenters. The number of likely N-dealkylation sites (N-methyl/N-ethyl adjacent to an activating group) is 1. The van der Waals surface area contributed by atoms with Crippen LogP contribution in [-0.2, 0) is 11.3 Å². The molecule has 0 saturated heterocycles. The summed E-state index contributed by atoms with van der Waals surface area (Å²) in [4.78, 5) is 32.5. The number of anilines is 1. The molecule has 0 spiro atoms. The van der Waals surface area contributed by atoms with Crippen LogP contribution in [0.15, 0.2) is 75.9 Å². The Bertz CT molecular complexity index is 1610. The number of hydrogen-bond donors (Lipinski definition) is 0. The molecular weight excluding hydrogens is 452 g/mol. The second-order valence-electron chi connectivity index (χ2n) is 7.89. The minimum Gasteiger partial charge on any atom is -0.441 e. The molecule has 2 heterocycles. The number of aromatic nitrogens is 3. The molecule has 0 fully saturated rings. The summed E-state index contributed by atoms with van der Waals surface area (Å²) in [5.41, 5.74) is 3.02. The van der Waals surface area contributed by atoms with E-state index in [0.717, 1.165) is 11.1 Å². The molecule has 0 bridgehead atoms. The van der Waals surface area contributed by atoms with Crippen molar-refractivity contribution in [3.05, 3.63) is 88.0 Å². The van der Waals surface area contributed by atoms with Gasteiger partial charge in [0.2, 0.25) is 5.91 Å². The third-order valence-electron chi connectivity index (χ3n) is 5.66. The van der Waals surface area contributed by atoms with Crippen LogP contribution in [0, 0.1) is 6.92 Å². The Balaban J connectivity index is 1.56. The highest BCUT2D eigenvalue weighted by atomic mass is 35.5. The van der Waals surface area contributed by atoms with Crippen LogP contribution in [0.3, 0.4) is 0 Å². The van der Waals surface area contributed by atoms with Crippen LogP contribution in [0.25, 0.3) is 33.1 Å². The van der Waals surface area contributed by atoms with Gasteiger partial charge in [-0.3, -0.25) is 9.59 Å². The quantitative estimate of drug-likeness (QED) is 0.350. The summed E-state index contributed by atoms with van der Waals surface area (Å²) >= 11 is 6.20. The van der Waals surface area contributed by atoms with Gasteiger partial charge in [0.1, 0.15) is 12.1 Å². The summed E-state index contributed by atoms with van der Waals surface area (Å²) < 4.78 is 6.84. The fraction of sp³-hybridized carbons (Fsp3) is 0.154. The van der Waals surface area contributed by atoms with Gasteiger partial charge in [-0.1, -0.05) is 41.9 Å². The highest BCUT2D eigenvalue weighted by Crippen LogP contribution is 2.27. The summed E-state index contributed by atoms with van der Waals surface area (Å²) in [7, 11) is 0. The molecule has 5 aromatic rings. The molecule has 0 N–H and O–H groups in total. The largest absolute Gasteiger partial charge is 0.441 e. The first-order valence-corrected chi connectivity index (χ1v) is 11.3. The van der Waals surface area contributed by atoms with Crippen molar-refractivity contribution < 1.29 is 9.21 Å². The van der Waals surface area contributed by atoms with Gasteiger partial charge in [0.15, 0.2) is 11.5 Å². The maximum absolute atomic E-state index is 13.3. The second kappa shape index (κ2) is 8.76. The first-order chi connectivity index (χ1) is 16.4. The van der Waals surface area contributed by atoms with E-state index in [1.807, 2.05) is 43.3 Å². The number of aryl methyl sites for hydroxylation is 1. The van der Waals surface area contributed by atoms with Gasteiger partial charge in [0, 0.05) is 41.2 Å². The van der Waals surface area contributed by atoms with E-state index in [4.69, 9.17) is 16.0 Å². The molecule has 2 aromatic heterocycles. The third-order valence-corrected chi connectivity index (χ3v) is 5.89. The predicted octanol–water partition coefficient (Wildman–Crippen LogP) is 5.22. The smallest absolute Gasteiger partial charge is 0.275 e. The van der Waals surface area contributed by atoms with E-state index >= 15 is 0 Å². The van der Waals surface area contributed by atoms with Gasteiger partial charge in [-0.15, -0.1) is 0 Å². The molecule has 0 atom stereocenters. The number of oxazole rings is 1. The number of halogens is 1. The number of carbonyl (C=O) groups excluding carboxylic acids is 1. The maximum atomic E-state index is 13.3. The van der Waals surface area contributed by atoms with Gasteiger partial charge in [-0.25, -0.2) is 9.67 Å². The van der Waals surface area contributed by atoms with E-state index in [-0.39, 0.29) is 18.0 Å². The molecular formula is C26H21ClN4O3. The zero-order valence-corrected chi connectivity index (χ0v) is 19.4. The van der Waals surface area contributed by atoms with Gasteiger partial charge < -0.3 is 9.32 Å². The number of hydrogen-bond acceptors (Lipinski definition) is 5. The highest BCUT2D eigenvalue weighted by molar-refractivity contribution is 6.30. The molecule has 0 aliphatic heterocycles. The SMILES string of the molecule is CCN(C(=O)Cn1nc(-c2cccc(Cl)c2)c2ccccc2c1=O)c1ccc2nc(C)oc2c1. The molecule has 0 radical (unpaired) electrons. The Hall–Kier alpha value is -3.97. The first kappa shape index (κ1) is 21.9. The number of carbonyl (C=O) groups is 1. The van der Waals surface area contributed by atoms with E-state index < -0.39 is 0 Å². The van der Waals surface area contributed by atoms with Crippen molar-refractivity contribution in [2.24, 2.45) is 0 Å². The van der Waals surface area contributed by atoms with E-state index in [0.29, 0.717) is 45.2 Å². The number of benzene rings is 3. The lowest BCUT2D eigenvalue weighted by molar-refractivity contribution is -0.119. The Morgan fingerprint density at radius 1 is 1.06 bits per heavy atom. The highest BCUT2D eigenvalue weighted by Gasteiger charge is 2.19. The van der Waals surface area contributed by atoms with Gasteiger partial charge in [-0.05, 0) is 37.3 Å². The van der Waals surface area contributed by atoms with Crippen molar-refractivity contribution in [1.29, 1.82) is 0 Å². The minimum atomic E-state index is -0.327. The number of rotatable bonds is 5. The minimum absolute atomic E-state index is 0.210. The Morgan fingerprint density at radius 2 is 1.85 bits per heavy atom. The topological polar surface area (TPSA) is 81.2 Å². The zero-order chi connectivity index (χ0) is 23.8. The molecule has 3 aromatic carbocycles. The fourth-order valence-electron chi connectivity index (χ4n) is 4.10. The lowest BCUT2D eigenvalue weighted by Crippen LogP contribution is -2.37. The maximum Gasteiger partial charge on any atom is 0.275 e. The van der Waals surface area contributed by atoms with Gasteiger partial charge in [-0.2, -0.15) is 5.10 Å². The summed E-state index contributed by atoms with van der Waals surface area (Å²) in [6, 6.07) is 19.9. The lowest BCUT2D eigenvalue weighted by atomic mass is 10.1. The van der Waals surface area contributed by atoms with E-state index in [1.165, 1.54) is 4.68 Å². The summed E-state index contributed by atoms with van der Waals surface area (Å²) in [5, 5.41) is 6.34. The number of nitrogens with zero attached hydrogens (tertiary/aromatic N) is 4. The van der Waals surface area contributed by atoms with Crippen molar-refractivity contribution in [3.63, 3.8) is 0 Å². The molecule has 0 aliphatic rings. The monoisotopic (exact) mass is 472 g/mol. The Labute approximate surface area is 200 Å². The number of fused-ring (bicyclic) bond motifs is 2. The first-order valence-electron chi connectivity index (χ1n) is 10.9. The van der Waals surface area contributed by atoms with Crippen LogP contribution in [-0.4, -0.2) is 27.2 Å². The molecule has 34 heavy (non-hydrogen) atoms. The van der Waals surface area contributed by atoms with Gasteiger partial charge >= 0.3 is 0 Å². The normalized spacial score (nSPS) is 11.3. The van der Waals surface area contributed by atoms with Gasteiger partial charge in [0.05, 0.1) is 11.1 Å². The molecule has 7 nitrogen and oxygen atoms in total. The Morgan fingerprint density at radius 3 is 2.62 bits per heavy atom. The third kappa shape index (κ3) is 3.95. The standard InChI is InChI=1S/C26H21ClN4O3/c1-3-30(19-11-12-22-23(14-19)34-16(2)28-22)24(32)15-31-26(33)21-10-5-4-9-20(21)25(29-31)17-7-6-8-18(27)13-17/h4-14H,3,15H2,1-2H3. The van der Waals surface area contributed by atoms with Crippen LogP contribution >= 0.6 is 11.6 Å². The van der Waals surface area contributed by atoms with E-state index in [1.54, 1.807) is 42.2 Å². The van der Waals surface area contributed by atoms with Crippen molar-refractivity contribution in [2.75, 3.05) is 11.4 Å². The van der Waals surface area contributed by atoms with E-state index in [9.17, 15) is 9.59 Å². The van der Waals surface area contributed by atoms with Crippen LogP contribution in [0.1, 0.15) is 12.8 Å². The average Bonchev–Trinajstić information content (AvgIpc) is 3.21. The lowest BCUT2D eigenvalue weighted by Gasteiger charge is -2.21. The predicted molar refractivity (Wildman–Crippen MR) is 133 cm³/mol. The summed E-state index contributed by atoms with van der Waals surface area (Å²) in [5.74, 6) is 0.294. The molecule has 0 aliphatic carbocycles. The molecule has 1 amide bonds. The molecule has 5 rings (SSSR count). The van der Waals surface area contributed by atoms with Crippen molar-refractivity contribution in [2.45, 2.75) is 20.4 Å². The summed E-state index contributed by atoms with van der Waals surface area (Å²) in [6.07, 6.45) is 0. The van der Waals surface area contributed by atoms with E-state index in [2.05, 4.69) is 10.1 Å². The van der Waals surface area contributed by atoms with Crippen LogP contribution in [0.4, 0.5) is 5.69 Å². The molecule has 8 heteroatoms. The molecule has 0 saturated carbocycles. The average molecular weight is 473 g/mol. The fourth-order valence-corrected chi connectivity index (χ4v) is 4.29. The van der Waals surface area contributed by atoms with Crippen molar-refractivity contribution in [1.82, 2.24) is 14.8 Å².